The van der Waals surface area contributed by atoms with Crippen LogP contribution in [0.25, 0.3) is 22.3 Å². The molecule has 0 saturated heterocycles. The van der Waals surface area contributed by atoms with Crippen LogP contribution in [-0.4, -0.2) is 6.61 Å². The normalized spacial score (nSPS) is 18.2. The van der Waals surface area contributed by atoms with Crippen molar-refractivity contribution in [2.45, 2.75) is 58.3 Å². The SMILES string of the molecule is CC=CCCC1CCC(c2ccc(-c3ccc(-c4ccc(OCC)c(F)c4F)cc3)cc2F)CC1. The molecule has 3 aromatic carbocycles. The summed E-state index contributed by atoms with van der Waals surface area (Å²) in [5.41, 5.74) is 3.14. The Bertz CT molecular complexity index is 1160. The van der Waals surface area contributed by atoms with Crippen LogP contribution in [0.2, 0.25) is 0 Å². The van der Waals surface area contributed by atoms with E-state index in [1.807, 2.05) is 24.3 Å². The quantitative estimate of drug-likeness (QED) is 0.293. The first-order chi connectivity index (χ1) is 17.0. The highest BCUT2D eigenvalue weighted by atomic mass is 19.2. The fourth-order valence-corrected chi connectivity index (χ4v) is 5.16. The molecule has 1 saturated carbocycles. The molecule has 0 N–H and O–H groups in total. The molecule has 0 aromatic heterocycles. The van der Waals surface area contributed by atoms with Crippen LogP contribution in [-0.2, 0) is 0 Å². The van der Waals surface area contributed by atoms with Crippen molar-refractivity contribution in [3.8, 4) is 28.0 Å². The van der Waals surface area contributed by atoms with Crippen LogP contribution in [0.15, 0.2) is 66.7 Å². The largest absolute Gasteiger partial charge is 0.491 e. The molecule has 0 aliphatic heterocycles. The number of halogens is 3. The first-order valence-corrected chi connectivity index (χ1v) is 12.6. The minimum Gasteiger partial charge on any atom is -0.491 e. The topological polar surface area (TPSA) is 9.23 Å². The van der Waals surface area contributed by atoms with Gasteiger partial charge in [0.2, 0.25) is 5.82 Å². The van der Waals surface area contributed by atoms with E-state index in [4.69, 9.17) is 4.74 Å². The average Bonchev–Trinajstić information content (AvgIpc) is 2.88. The Labute approximate surface area is 206 Å². The lowest BCUT2D eigenvalue weighted by atomic mass is 9.77. The summed E-state index contributed by atoms with van der Waals surface area (Å²) < 4.78 is 49.0. The van der Waals surface area contributed by atoms with E-state index in [1.165, 1.54) is 18.6 Å². The van der Waals surface area contributed by atoms with Gasteiger partial charge in [-0.25, -0.2) is 8.78 Å². The molecule has 1 aliphatic carbocycles. The highest BCUT2D eigenvalue weighted by Gasteiger charge is 2.24. The molecule has 1 aliphatic rings. The van der Waals surface area contributed by atoms with Gasteiger partial charge in [-0.3, -0.25) is 0 Å². The lowest BCUT2D eigenvalue weighted by Gasteiger charge is -2.29. The maximum atomic E-state index is 15.1. The maximum Gasteiger partial charge on any atom is 0.201 e. The Balaban J connectivity index is 1.45. The smallest absolute Gasteiger partial charge is 0.201 e. The highest BCUT2D eigenvalue weighted by Crippen LogP contribution is 2.39. The average molecular weight is 479 g/mol. The Morgan fingerprint density at radius 1 is 0.829 bits per heavy atom. The van der Waals surface area contributed by atoms with Crippen LogP contribution in [0.1, 0.15) is 63.9 Å². The number of rotatable bonds is 8. The number of hydrogen-bond acceptors (Lipinski definition) is 1. The van der Waals surface area contributed by atoms with Gasteiger partial charge in [-0.2, -0.15) is 4.39 Å². The standard InChI is InChI=1S/C31H33F3O/c1-3-5-6-7-21-8-10-23(11-9-21)26-17-16-25(20-28(26)32)22-12-14-24(15-13-22)27-18-19-29(35-4-2)31(34)30(27)33/h3,5,12-21,23H,4,6-11H2,1-2H3. The van der Waals surface area contributed by atoms with Gasteiger partial charge in [0.05, 0.1) is 6.61 Å². The van der Waals surface area contributed by atoms with Crippen LogP contribution < -0.4 is 4.74 Å². The van der Waals surface area contributed by atoms with Crippen molar-refractivity contribution in [3.63, 3.8) is 0 Å². The Kier molecular flexibility index (Phi) is 8.33. The first kappa shape index (κ1) is 25.1. The molecule has 0 bridgehead atoms. The van der Waals surface area contributed by atoms with Crippen molar-refractivity contribution in [3.05, 3.63) is 89.8 Å². The van der Waals surface area contributed by atoms with Gasteiger partial charge in [-0.05, 0) is 105 Å². The summed E-state index contributed by atoms with van der Waals surface area (Å²) in [6.45, 7) is 4.04. The van der Waals surface area contributed by atoms with Gasteiger partial charge in [0.1, 0.15) is 5.82 Å². The van der Waals surface area contributed by atoms with Gasteiger partial charge in [-0.15, -0.1) is 0 Å². The molecule has 0 amide bonds. The van der Waals surface area contributed by atoms with Gasteiger partial charge >= 0.3 is 0 Å². The second-order valence-corrected chi connectivity index (χ2v) is 9.35. The van der Waals surface area contributed by atoms with E-state index in [-0.39, 0.29) is 29.7 Å². The van der Waals surface area contributed by atoms with Gasteiger partial charge in [-0.1, -0.05) is 48.6 Å². The van der Waals surface area contributed by atoms with Crippen molar-refractivity contribution in [2.24, 2.45) is 5.92 Å². The summed E-state index contributed by atoms with van der Waals surface area (Å²) >= 11 is 0. The Hall–Kier alpha value is -3.01. The molecule has 0 spiro atoms. The zero-order valence-corrected chi connectivity index (χ0v) is 20.5. The number of hydrogen-bond donors (Lipinski definition) is 0. The number of ether oxygens (including phenoxy) is 1. The number of benzene rings is 3. The van der Waals surface area contributed by atoms with Crippen molar-refractivity contribution in [1.29, 1.82) is 0 Å². The Morgan fingerprint density at radius 2 is 1.51 bits per heavy atom. The molecule has 4 heteroatoms. The van der Waals surface area contributed by atoms with Crippen LogP contribution in [0.3, 0.4) is 0 Å². The third kappa shape index (κ3) is 5.80. The van der Waals surface area contributed by atoms with Crippen LogP contribution in [0, 0.1) is 23.4 Å². The molecule has 1 fully saturated rings. The Morgan fingerprint density at radius 3 is 2.17 bits per heavy atom. The van der Waals surface area contributed by atoms with Crippen LogP contribution in [0.4, 0.5) is 13.2 Å². The molecule has 0 atom stereocenters. The molecule has 3 aromatic rings. The second kappa shape index (κ2) is 11.6. The van der Waals surface area contributed by atoms with E-state index >= 15 is 4.39 Å². The fourth-order valence-electron chi connectivity index (χ4n) is 5.16. The summed E-state index contributed by atoms with van der Waals surface area (Å²) in [6, 6.07) is 15.5. The maximum absolute atomic E-state index is 15.1. The molecule has 184 valence electrons. The monoisotopic (exact) mass is 478 g/mol. The summed E-state index contributed by atoms with van der Waals surface area (Å²) in [6.07, 6.45) is 11.1. The lowest BCUT2D eigenvalue weighted by molar-refractivity contribution is 0.308. The van der Waals surface area contributed by atoms with Gasteiger partial charge in [0.15, 0.2) is 11.6 Å². The van der Waals surface area contributed by atoms with E-state index in [0.717, 1.165) is 54.7 Å². The van der Waals surface area contributed by atoms with Gasteiger partial charge in [0.25, 0.3) is 0 Å². The summed E-state index contributed by atoms with van der Waals surface area (Å²) in [4.78, 5) is 0. The second-order valence-electron chi connectivity index (χ2n) is 9.35. The van der Waals surface area contributed by atoms with Gasteiger partial charge < -0.3 is 4.74 Å². The fraction of sp³-hybridized carbons (Fsp3) is 0.355. The van der Waals surface area contributed by atoms with E-state index in [2.05, 4.69) is 19.1 Å². The number of allylic oxidation sites excluding steroid dienone is 2. The molecule has 0 radical (unpaired) electrons. The minimum atomic E-state index is -0.988. The molecule has 1 nitrogen and oxygen atoms in total. The summed E-state index contributed by atoms with van der Waals surface area (Å²) in [7, 11) is 0. The van der Waals surface area contributed by atoms with Crippen molar-refractivity contribution < 1.29 is 17.9 Å². The van der Waals surface area contributed by atoms with Crippen LogP contribution in [0.5, 0.6) is 5.75 Å². The van der Waals surface area contributed by atoms with E-state index in [0.29, 0.717) is 5.56 Å². The first-order valence-electron chi connectivity index (χ1n) is 12.6. The molecular formula is C31H33F3O. The van der Waals surface area contributed by atoms with Crippen molar-refractivity contribution in [2.75, 3.05) is 6.61 Å². The predicted octanol–water partition coefficient (Wildman–Crippen LogP) is 9.47. The summed E-state index contributed by atoms with van der Waals surface area (Å²) in [5.74, 6) is -1.15. The minimum absolute atomic E-state index is 0.0944. The predicted molar refractivity (Wildman–Crippen MR) is 137 cm³/mol. The van der Waals surface area contributed by atoms with E-state index in [1.54, 1.807) is 25.1 Å². The van der Waals surface area contributed by atoms with Crippen molar-refractivity contribution >= 4 is 0 Å². The third-order valence-corrected chi connectivity index (χ3v) is 7.14. The van der Waals surface area contributed by atoms with E-state index < -0.39 is 11.6 Å². The van der Waals surface area contributed by atoms with Crippen LogP contribution >= 0.6 is 0 Å². The molecular weight excluding hydrogens is 445 g/mol. The van der Waals surface area contributed by atoms with E-state index in [9.17, 15) is 8.78 Å². The molecule has 0 unspecified atom stereocenters. The van der Waals surface area contributed by atoms with Gasteiger partial charge in [0, 0.05) is 5.56 Å². The zero-order valence-electron chi connectivity index (χ0n) is 20.5. The molecule has 0 heterocycles. The molecule has 4 rings (SSSR count). The summed E-state index contributed by atoms with van der Waals surface area (Å²) in [5, 5.41) is 0. The molecule has 35 heavy (non-hydrogen) atoms. The third-order valence-electron chi connectivity index (χ3n) is 7.14. The van der Waals surface area contributed by atoms with Crippen molar-refractivity contribution in [1.82, 2.24) is 0 Å². The zero-order chi connectivity index (χ0) is 24.8. The highest BCUT2D eigenvalue weighted by molar-refractivity contribution is 5.71. The lowest BCUT2D eigenvalue weighted by Crippen LogP contribution is -2.14.